The van der Waals surface area contributed by atoms with Crippen LogP contribution in [0.1, 0.15) is 38.5 Å². The Morgan fingerprint density at radius 3 is 2.90 bits per heavy atom. The van der Waals surface area contributed by atoms with Gasteiger partial charge in [0.05, 0.1) is 13.0 Å². The van der Waals surface area contributed by atoms with Crippen LogP contribution < -0.4 is 0 Å². The summed E-state index contributed by atoms with van der Waals surface area (Å²) in [4.78, 5) is 28.1. The number of rotatable bonds is 5. The Balaban J connectivity index is 2.01. The van der Waals surface area contributed by atoms with Crippen LogP contribution in [0.4, 0.5) is 0 Å². The molecule has 0 unspecified atom stereocenters. The Morgan fingerprint density at radius 2 is 2.19 bits per heavy atom. The van der Waals surface area contributed by atoms with Gasteiger partial charge in [-0.2, -0.15) is 0 Å². The van der Waals surface area contributed by atoms with E-state index in [0.717, 1.165) is 38.8 Å². The fraction of sp³-hybridized carbons (Fsp3) is 0.750. The smallest absolute Gasteiger partial charge is 0.224 e. The molecule has 118 valence electrons. The van der Waals surface area contributed by atoms with Gasteiger partial charge in [0.25, 0.3) is 0 Å². The van der Waals surface area contributed by atoms with Crippen molar-refractivity contribution in [3.8, 4) is 0 Å². The van der Waals surface area contributed by atoms with Gasteiger partial charge in [-0.05, 0) is 25.7 Å². The third-order valence-corrected chi connectivity index (χ3v) is 4.78. The van der Waals surface area contributed by atoms with Crippen molar-refractivity contribution in [2.75, 3.05) is 33.4 Å². The van der Waals surface area contributed by atoms with Crippen LogP contribution in [-0.4, -0.2) is 60.5 Å². The zero-order chi connectivity index (χ0) is 15.3. The molecule has 2 aliphatic heterocycles. The fourth-order valence-electron chi connectivity index (χ4n) is 3.59. The highest BCUT2D eigenvalue weighted by atomic mass is 16.5. The molecule has 0 aromatic carbocycles. The fourth-order valence-corrected chi connectivity index (χ4v) is 3.59. The van der Waals surface area contributed by atoms with Crippen LogP contribution in [0.25, 0.3) is 0 Å². The van der Waals surface area contributed by atoms with E-state index in [0.29, 0.717) is 26.0 Å². The number of hydrogen-bond acceptors (Lipinski definition) is 3. The summed E-state index contributed by atoms with van der Waals surface area (Å²) in [6.45, 7) is 6.39. The lowest BCUT2D eigenvalue weighted by Gasteiger charge is -2.37. The molecule has 2 aliphatic rings. The van der Waals surface area contributed by atoms with Gasteiger partial charge >= 0.3 is 0 Å². The maximum Gasteiger partial charge on any atom is 0.224 e. The highest BCUT2D eigenvalue weighted by Gasteiger charge is 2.45. The molecule has 0 radical (unpaired) electrons. The predicted octanol–water partition coefficient (Wildman–Crippen LogP) is 1.58. The van der Waals surface area contributed by atoms with Gasteiger partial charge in [0.2, 0.25) is 11.8 Å². The minimum Gasteiger partial charge on any atom is -0.384 e. The molecule has 2 amide bonds. The molecule has 5 heteroatoms. The van der Waals surface area contributed by atoms with Crippen molar-refractivity contribution in [2.24, 2.45) is 0 Å². The number of carbonyl (C=O) groups is 2. The van der Waals surface area contributed by atoms with E-state index in [4.69, 9.17) is 4.74 Å². The van der Waals surface area contributed by atoms with Gasteiger partial charge < -0.3 is 14.5 Å². The number of hydrogen-bond donors (Lipinski definition) is 0. The summed E-state index contributed by atoms with van der Waals surface area (Å²) in [6, 6.07) is 0. The average Bonchev–Trinajstić information content (AvgIpc) is 2.67. The molecule has 5 nitrogen and oxygen atoms in total. The maximum absolute atomic E-state index is 12.1. The second-order valence-corrected chi connectivity index (χ2v) is 5.99. The Labute approximate surface area is 126 Å². The number of carbonyl (C=O) groups excluding carboxylic acids is 2. The van der Waals surface area contributed by atoms with Crippen molar-refractivity contribution in [1.29, 1.82) is 0 Å². The van der Waals surface area contributed by atoms with Crippen LogP contribution >= 0.6 is 0 Å². The van der Waals surface area contributed by atoms with Gasteiger partial charge in [0, 0.05) is 38.7 Å². The van der Waals surface area contributed by atoms with Crippen molar-refractivity contribution in [3.63, 3.8) is 0 Å². The third-order valence-electron chi connectivity index (χ3n) is 4.78. The Morgan fingerprint density at radius 1 is 1.38 bits per heavy atom. The lowest BCUT2D eigenvalue weighted by molar-refractivity contribution is -0.132. The molecular formula is C16H26N2O3. The van der Waals surface area contributed by atoms with Gasteiger partial charge in [-0.15, -0.1) is 6.58 Å². The molecule has 2 heterocycles. The minimum absolute atomic E-state index is 0.0540. The van der Waals surface area contributed by atoms with Crippen LogP contribution in [0.5, 0.6) is 0 Å². The number of amides is 2. The van der Waals surface area contributed by atoms with E-state index in [-0.39, 0.29) is 17.4 Å². The van der Waals surface area contributed by atoms with Crippen LogP contribution in [0.2, 0.25) is 0 Å². The van der Waals surface area contributed by atoms with E-state index in [9.17, 15) is 9.59 Å². The Bertz CT molecular complexity index is 410. The molecule has 0 aromatic rings. The van der Waals surface area contributed by atoms with Crippen molar-refractivity contribution in [1.82, 2.24) is 9.80 Å². The molecule has 2 saturated heterocycles. The number of ether oxygens (including phenoxy) is 1. The summed E-state index contributed by atoms with van der Waals surface area (Å²) in [5, 5.41) is 0. The van der Waals surface area contributed by atoms with Gasteiger partial charge in [-0.25, -0.2) is 0 Å². The second-order valence-electron chi connectivity index (χ2n) is 5.99. The summed E-state index contributed by atoms with van der Waals surface area (Å²) in [7, 11) is 1.61. The van der Waals surface area contributed by atoms with Crippen LogP contribution in [-0.2, 0) is 14.3 Å². The first-order chi connectivity index (χ1) is 10.1. The highest BCUT2D eigenvalue weighted by molar-refractivity contribution is 5.80. The summed E-state index contributed by atoms with van der Waals surface area (Å²) < 4.78 is 4.98. The molecule has 0 saturated carbocycles. The standard InChI is InChI=1S/C16H26N2O3/c1-3-10-18-15(20)5-8-16(18)7-4-11-17(12-9-16)14(19)6-13-21-2/h3H,1,4-13H2,2H3/t16-/m1/s1. The van der Waals surface area contributed by atoms with Crippen molar-refractivity contribution >= 4 is 11.8 Å². The quantitative estimate of drug-likeness (QED) is 0.723. The van der Waals surface area contributed by atoms with E-state index in [1.54, 1.807) is 13.2 Å². The summed E-state index contributed by atoms with van der Waals surface area (Å²) >= 11 is 0. The molecular weight excluding hydrogens is 268 g/mol. The van der Waals surface area contributed by atoms with Crippen LogP contribution in [0.3, 0.4) is 0 Å². The Kier molecular flexibility index (Phi) is 5.39. The third kappa shape index (κ3) is 3.46. The SMILES string of the molecule is C=CCN1C(=O)CC[C@@]12CCCN(C(=O)CCOC)CC2. The molecule has 1 atom stereocenters. The van der Waals surface area contributed by atoms with E-state index in [1.165, 1.54) is 0 Å². The van der Waals surface area contributed by atoms with Crippen LogP contribution in [0, 0.1) is 0 Å². The number of methoxy groups -OCH3 is 1. The van der Waals surface area contributed by atoms with Gasteiger partial charge in [-0.1, -0.05) is 6.08 Å². The molecule has 0 bridgehead atoms. The largest absolute Gasteiger partial charge is 0.384 e. The maximum atomic E-state index is 12.1. The van der Waals surface area contributed by atoms with E-state index >= 15 is 0 Å². The first kappa shape index (κ1) is 16.0. The Hall–Kier alpha value is -1.36. The second kappa shape index (κ2) is 7.07. The molecule has 1 spiro atoms. The zero-order valence-corrected chi connectivity index (χ0v) is 13.0. The normalized spacial score (nSPS) is 26.2. The topological polar surface area (TPSA) is 49.9 Å². The van der Waals surface area contributed by atoms with E-state index in [1.807, 2.05) is 9.80 Å². The van der Waals surface area contributed by atoms with Crippen molar-refractivity contribution in [2.45, 2.75) is 44.1 Å². The molecule has 0 aliphatic carbocycles. The van der Waals surface area contributed by atoms with Gasteiger partial charge in [0.15, 0.2) is 0 Å². The summed E-state index contributed by atoms with van der Waals surface area (Å²) in [5.74, 6) is 0.391. The zero-order valence-electron chi connectivity index (χ0n) is 13.0. The monoisotopic (exact) mass is 294 g/mol. The number of nitrogens with zero attached hydrogens (tertiary/aromatic N) is 2. The molecule has 0 N–H and O–H groups in total. The molecule has 21 heavy (non-hydrogen) atoms. The molecule has 2 fully saturated rings. The van der Waals surface area contributed by atoms with Crippen molar-refractivity contribution in [3.05, 3.63) is 12.7 Å². The number of likely N-dealkylation sites (tertiary alicyclic amines) is 2. The average molecular weight is 294 g/mol. The first-order valence-electron chi connectivity index (χ1n) is 7.81. The highest BCUT2D eigenvalue weighted by Crippen LogP contribution is 2.39. The molecule has 2 rings (SSSR count). The van der Waals surface area contributed by atoms with Gasteiger partial charge in [-0.3, -0.25) is 9.59 Å². The van der Waals surface area contributed by atoms with E-state index < -0.39 is 0 Å². The van der Waals surface area contributed by atoms with E-state index in [2.05, 4.69) is 6.58 Å². The van der Waals surface area contributed by atoms with Crippen molar-refractivity contribution < 1.29 is 14.3 Å². The lowest BCUT2D eigenvalue weighted by atomic mass is 9.87. The predicted molar refractivity (Wildman–Crippen MR) is 80.8 cm³/mol. The van der Waals surface area contributed by atoms with Gasteiger partial charge in [0.1, 0.15) is 0 Å². The summed E-state index contributed by atoms with van der Waals surface area (Å²) in [6.07, 6.45) is 6.62. The minimum atomic E-state index is -0.0540. The lowest BCUT2D eigenvalue weighted by Crippen LogP contribution is -2.46. The first-order valence-corrected chi connectivity index (χ1v) is 7.81. The van der Waals surface area contributed by atoms with Crippen LogP contribution in [0.15, 0.2) is 12.7 Å². The summed E-state index contributed by atoms with van der Waals surface area (Å²) in [5.41, 5.74) is -0.0540. The molecule has 0 aromatic heterocycles.